The van der Waals surface area contributed by atoms with Crippen molar-refractivity contribution in [1.82, 2.24) is 21.3 Å². The summed E-state index contributed by atoms with van der Waals surface area (Å²) in [4.78, 5) is 0. The van der Waals surface area contributed by atoms with Crippen LogP contribution >= 0.6 is 24.4 Å². The smallest absolute Gasteiger partial charge is 0.166 e. The lowest BCUT2D eigenvalue weighted by molar-refractivity contribution is 0.412. The van der Waals surface area contributed by atoms with E-state index in [9.17, 15) is 0 Å². The summed E-state index contributed by atoms with van der Waals surface area (Å²) < 4.78 is 0. The highest BCUT2D eigenvalue weighted by Gasteiger charge is 2.17. The molecule has 6 heteroatoms. The Morgan fingerprint density at radius 2 is 1.12 bits per heavy atom. The average molecular weight is 475 g/mol. The van der Waals surface area contributed by atoms with Crippen molar-refractivity contribution in [3.63, 3.8) is 0 Å². The molecule has 0 aliphatic heterocycles. The molecular weight excluding hydrogens is 432 g/mol. The minimum atomic E-state index is 0.0898. The van der Waals surface area contributed by atoms with Gasteiger partial charge in [-0.2, -0.15) is 0 Å². The van der Waals surface area contributed by atoms with E-state index in [2.05, 4.69) is 60.2 Å². The van der Waals surface area contributed by atoms with Crippen molar-refractivity contribution in [2.75, 3.05) is 0 Å². The van der Waals surface area contributed by atoms with Crippen molar-refractivity contribution in [3.8, 4) is 0 Å². The maximum atomic E-state index is 5.58. The minimum absolute atomic E-state index is 0.0898. The Morgan fingerprint density at radius 3 is 1.50 bits per heavy atom. The average Bonchev–Trinajstić information content (AvgIpc) is 2.77. The SMILES string of the molecule is CC(C)(C)c1cc(CNC(=S)NC2CCCCC2)cc(CNC(=S)NC2CCCCC2)c1. The fourth-order valence-corrected chi connectivity index (χ4v) is 5.21. The molecule has 0 heterocycles. The summed E-state index contributed by atoms with van der Waals surface area (Å²) in [5.41, 5.74) is 3.94. The molecule has 32 heavy (non-hydrogen) atoms. The molecule has 4 nitrogen and oxygen atoms in total. The first-order valence-corrected chi connectivity index (χ1v) is 13.3. The zero-order chi connectivity index (χ0) is 23.0. The van der Waals surface area contributed by atoms with Gasteiger partial charge in [-0.3, -0.25) is 0 Å². The van der Waals surface area contributed by atoms with E-state index < -0.39 is 0 Å². The molecule has 0 aromatic heterocycles. The molecule has 0 spiro atoms. The van der Waals surface area contributed by atoms with Crippen molar-refractivity contribution in [3.05, 3.63) is 34.9 Å². The molecule has 1 aromatic rings. The third-order valence-electron chi connectivity index (χ3n) is 6.71. The Kier molecular flexibility index (Phi) is 9.60. The molecule has 3 rings (SSSR count). The largest absolute Gasteiger partial charge is 0.360 e. The molecule has 178 valence electrons. The molecule has 1 aromatic carbocycles. The van der Waals surface area contributed by atoms with E-state index in [0.717, 1.165) is 23.3 Å². The number of rotatable bonds is 6. The van der Waals surface area contributed by atoms with Crippen LogP contribution in [0.2, 0.25) is 0 Å². The van der Waals surface area contributed by atoms with E-state index in [0.29, 0.717) is 12.1 Å². The zero-order valence-corrected chi connectivity index (χ0v) is 21.8. The second kappa shape index (κ2) is 12.2. The molecule has 2 aliphatic rings. The molecule has 2 aliphatic carbocycles. The maximum absolute atomic E-state index is 5.58. The van der Waals surface area contributed by atoms with Gasteiger partial charge in [0.2, 0.25) is 0 Å². The second-order valence-corrected chi connectivity index (χ2v) is 11.4. The standard InChI is InChI=1S/C26H42N4S2/c1-26(2,3)21-15-19(17-27-24(31)29-22-10-6-4-7-11-22)14-20(16-21)18-28-25(32)30-23-12-8-5-9-13-23/h14-16,22-23H,4-13,17-18H2,1-3H3,(H2,27,29,31)(H2,28,30,32). The molecule has 0 saturated heterocycles. The monoisotopic (exact) mass is 474 g/mol. The van der Waals surface area contributed by atoms with Crippen LogP contribution in [0.25, 0.3) is 0 Å². The van der Waals surface area contributed by atoms with Crippen molar-refractivity contribution < 1.29 is 0 Å². The lowest BCUT2D eigenvalue weighted by atomic mass is 9.85. The number of thiocarbonyl (C=S) groups is 2. The predicted molar refractivity (Wildman–Crippen MR) is 144 cm³/mol. The molecule has 2 saturated carbocycles. The van der Waals surface area contributed by atoms with Crippen LogP contribution in [0, 0.1) is 0 Å². The van der Waals surface area contributed by atoms with Crippen molar-refractivity contribution in [2.45, 2.75) is 116 Å². The first-order valence-electron chi connectivity index (χ1n) is 12.5. The minimum Gasteiger partial charge on any atom is -0.360 e. The summed E-state index contributed by atoms with van der Waals surface area (Å²) in [6, 6.07) is 7.93. The number of hydrogen-bond donors (Lipinski definition) is 4. The summed E-state index contributed by atoms with van der Waals surface area (Å²) in [7, 11) is 0. The maximum Gasteiger partial charge on any atom is 0.166 e. The third kappa shape index (κ3) is 8.51. The van der Waals surface area contributed by atoms with Gasteiger partial charge < -0.3 is 21.3 Å². The van der Waals surface area contributed by atoms with Crippen molar-refractivity contribution >= 4 is 34.7 Å². The quantitative estimate of drug-likeness (QED) is 0.404. The third-order valence-corrected chi connectivity index (χ3v) is 7.23. The molecule has 0 bridgehead atoms. The van der Waals surface area contributed by atoms with Crippen LogP contribution < -0.4 is 21.3 Å². The van der Waals surface area contributed by atoms with E-state index in [-0.39, 0.29) is 5.41 Å². The Morgan fingerprint density at radius 1 is 0.719 bits per heavy atom. The summed E-state index contributed by atoms with van der Waals surface area (Å²) in [5, 5.41) is 15.4. The Labute approximate surface area is 206 Å². The van der Waals surface area contributed by atoms with E-state index in [1.165, 1.54) is 80.9 Å². The van der Waals surface area contributed by atoms with Gasteiger partial charge in [0.1, 0.15) is 0 Å². The molecule has 0 amide bonds. The van der Waals surface area contributed by atoms with Crippen LogP contribution in [-0.2, 0) is 18.5 Å². The number of benzene rings is 1. The molecule has 4 N–H and O–H groups in total. The fourth-order valence-electron chi connectivity index (χ4n) is 4.73. The lowest BCUT2D eigenvalue weighted by Crippen LogP contribution is -2.42. The van der Waals surface area contributed by atoms with Gasteiger partial charge >= 0.3 is 0 Å². The van der Waals surface area contributed by atoms with Gasteiger partial charge in [0, 0.05) is 25.2 Å². The van der Waals surface area contributed by atoms with Gasteiger partial charge in [0.05, 0.1) is 0 Å². The van der Waals surface area contributed by atoms with Crippen LogP contribution in [0.3, 0.4) is 0 Å². The van der Waals surface area contributed by atoms with E-state index in [4.69, 9.17) is 24.4 Å². The first kappa shape index (κ1) is 25.2. The van der Waals surface area contributed by atoms with Gasteiger partial charge in [-0.05, 0) is 72.2 Å². The molecule has 0 atom stereocenters. The summed E-state index contributed by atoms with van der Waals surface area (Å²) >= 11 is 11.2. The van der Waals surface area contributed by atoms with Gasteiger partial charge in [-0.1, -0.05) is 77.5 Å². The highest BCUT2D eigenvalue weighted by molar-refractivity contribution is 7.80. The topological polar surface area (TPSA) is 48.1 Å². The first-order chi connectivity index (χ1) is 15.3. The van der Waals surface area contributed by atoms with Gasteiger partial charge in [-0.15, -0.1) is 0 Å². The molecule has 0 unspecified atom stereocenters. The number of nitrogens with one attached hydrogen (secondary N) is 4. The van der Waals surface area contributed by atoms with Crippen LogP contribution in [0.15, 0.2) is 18.2 Å². The zero-order valence-electron chi connectivity index (χ0n) is 20.2. The molecule has 2 fully saturated rings. The molecule has 0 radical (unpaired) electrons. The van der Waals surface area contributed by atoms with E-state index in [1.54, 1.807) is 0 Å². The van der Waals surface area contributed by atoms with Crippen LogP contribution in [0.4, 0.5) is 0 Å². The fraction of sp³-hybridized carbons (Fsp3) is 0.692. The normalized spacial score (nSPS) is 18.1. The Balaban J connectivity index is 1.56. The number of hydrogen-bond acceptors (Lipinski definition) is 2. The van der Waals surface area contributed by atoms with Crippen molar-refractivity contribution in [2.24, 2.45) is 0 Å². The van der Waals surface area contributed by atoms with Gasteiger partial charge in [0.25, 0.3) is 0 Å². The highest BCUT2D eigenvalue weighted by atomic mass is 32.1. The lowest BCUT2D eigenvalue weighted by Gasteiger charge is -2.25. The van der Waals surface area contributed by atoms with Crippen molar-refractivity contribution in [1.29, 1.82) is 0 Å². The van der Waals surface area contributed by atoms with Crippen LogP contribution in [0.1, 0.15) is 102 Å². The Hall–Kier alpha value is -1.40. The van der Waals surface area contributed by atoms with Gasteiger partial charge in [-0.25, -0.2) is 0 Å². The second-order valence-electron chi connectivity index (χ2n) is 10.6. The van der Waals surface area contributed by atoms with Gasteiger partial charge in [0.15, 0.2) is 10.2 Å². The van der Waals surface area contributed by atoms with E-state index in [1.807, 2.05) is 0 Å². The highest BCUT2D eigenvalue weighted by Crippen LogP contribution is 2.25. The summed E-state index contributed by atoms with van der Waals surface area (Å²) in [5.74, 6) is 0. The Bertz CT molecular complexity index is 705. The summed E-state index contributed by atoms with van der Waals surface area (Å²) in [6.45, 7) is 8.27. The van der Waals surface area contributed by atoms with Crippen LogP contribution in [0.5, 0.6) is 0 Å². The summed E-state index contributed by atoms with van der Waals surface area (Å²) in [6.07, 6.45) is 12.9. The molecular formula is C26H42N4S2. The van der Waals surface area contributed by atoms with E-state index >= 15 is 0 Å². The van der Waals surface area contributed by atoms with Crippen LogP contribution in [-0.4, -0.2) is 22.3 Å². The predicted octanol–water partition coefficient (Wildman–Crippen LogP) is 5.58.